The van der Waals surface area contributed by atoms with E-state index in [9.17, 15) is 0 Å². The monoisotopic (exact) mass is 440 g/mol. The number of hydrogen-bond donors (Lipinski definition) is 0. The zero-order valence-electron chi connectivity index (χ0n) is 21.4. The molecule has 2 heteroatoms. The maximum absolute atomic E-state index is 2.59. The SMILES string of the molecule is CCCCCCCCCCCCCCCCC1N(CCCCC)C=CN1c1ccccc1. The summed E-state index contributed by atoms with van der Waals surface area (Å²) in [7, 11) is 0. The molecular formula is C30H52N2. The number of anilines is 1. The smallest absolute Gasteiger partial charge is 0.105 e. The van der Waals surface area contributed by atoms with E-state index in [1.54, 1.807) is 0 Å². The Hall–Kier alpha value is -1.44. The zero-order chi connectivity index (χ0) is 22.7. The van der Waals surface area contributed by atoms with Gasteiger partial charge in [0.15, 0.2) is 0 Å². The predicted octanol–water partition coefficient (Wildman–Crippen LogP) is 9.67. The number of unbranched alkanes of at least 4 members (excludes halogenated alkanes) is 15. The van der Waals surface area contributed by atoms with Gasteiger partial charge in [-0.25, -0.2) is 0 Å². The molecule has 32 heavy (non-hydrogen) atoms. The molecule has 0 spiro atoms. The third-order valence-electron chi connectivity index (χ3n) is 7.01. The Morgan fingerprint density at radius 3 is 1.62 bits per heavy atom. The highest BCUT2D eigenvalue weighted by Crippen LogP contribution is 2.28. The molecule has 1 aliphatic rings. The van der Waals surface area contributed by atoms with E-state index in [2.05, 4.69) is 66.4 Å². The fraction of sp³-hybridized carbons (Fsp3) is 0.733. The Morgan fingerprint density at radius 1 is 0.562 bits per heavy atom. The van der Waals surface area contributed by atoms with Gasteiger partial charge in [0.25, 0.3) is 0 Å². The molecule has 2 rings (SSSR count). The van der Waals surface area contributed by atoms with E-state index < -0.39 is 0 Å². The van der Waals surface area contributed by atoms with E-state index >= 15 is 0 Å². The molecule has 1 aromatic rings. The Kier molecular flexibility index (Phi) is 15.1. The Bertz CT molecular complexity index is 567. The van der Waals surface area contributed by atoms with Crippen molar-refractivity contribution in [3.8, 4) is 0 Å². The summed E-state index contributed by atoms with van der Waals surface area (Å²) in [6.45, 7) is 5.79. The first-order chi connectivity index (χ1) is 15.9. The summed E-state index contributed by atoms with van der Waals surface area (Å²) in [6.07, 6.45) is 30.4. The van der Waals surface area contributed by atoms with Crippen LogP contribution in [0.2, 0.25) is 0 Å². The molecule has 0 aliphatic carbocycles. The first kappa shape index (κ1) is 26.8. The molecule has 0 saturated carbocycles. The van der Waals surface area contributed by atoms with Gasteiger partial charge < -0.3 is 9.80 Å². The van der Waals surface area contributed by atoms with Crippen LogP contribution in [0, 0.1) is 0 Å². The van der Waals surface area contributed by atoms with E-state index in [0.29, 0.717) is 6.17 Å². The third-order valence-corrected chi connectivity index (χ3v) is 7.01. The molecule has 0 aromatic heterocycles. The first-order valence-corrected chi connectivity index (χ1v) is 14.1. The summed E-state index contributed by atoms with van der Waals surface area (Å²) < 4.78 is 0. The lowest BCUT2D eigenvalue weighted by Crippen LogP contribution is -2.39. The van der Waals surface area contributed by atoms with Gasteiger partial charge in [-0.2, -0.15) is 0 Å². The number of hydrogen-bond acceptors (Lipinski definition) is 2. The average Bonchev–Trinajstić information content (AvgIpc) is 3.22. The highest BCUT2D eigenvalue weighted by Gasteiger charge is 2.26. The fourth-order valence-electron chi connectivity index (χ4n) is 4.97. The number of benzene rings is 1. The van der Waals surface area contributed by atoms with Crippen LogP contribution in [0.3, 0.4) is 0 Å². The van der Waals surface area contributed by atoms with E-state index in [1.807, 2.05) is 0 Å². The highest BCUT2D eigenvalue weighted by atomic mass is 15.4. The van der Waals surface area contributed by atoms with Crippen molar-refractivity contribution in [3.05, 3.63) is 42.7 Å². The average molecular weight is 441 g/mol. The van der Waals surface area contributed by atoms with E-state index in [0.717, 1.165) is 0 Å². The third kappa shape index (κ3) is 10.9. The van der Waals surface area contributed by atoms with Crippen LogP contribution in [0.15, 0.2) is 42.7 Å². The predicted molar refractivity (Wildman–Crippen MR) is 143 cm³/mol. The number of para-hydroxylation sites is 1. The maximum Gasteiger partial charge on any atom is 0.105 e. The molecule has 1 atom stereocenters. The van der Waals surface area contributed by atoms with Crippen LogP contribution in [0.5, 0.6) is 0 Å². The minimum Gasteiger partial charge on any atom is -0.356 e. The van der Waals surface area contributed by atoms with Crippen molar-refractivity contribution < 1.29 is 0 Å². The van der Waals surface area contributed by atoms with Gasteiger partial charge in [0.05, 0.1) is 0 Å². The van der Waals surface area contributed by atoms with Crippen LogP contribution in [0.1, 0.15) is 129 Å². The van der Waals surface area contributed by atoms with Crippen molar-refractivity contribution >= 4 is 5.69 Å². The van der Waals surface area contributed by atoms with Crippen LogP contribution >= 0.6 is 0 Å². The molecule has 2 nitrogen and oxygen atoms in total. The largest absolute Gasteiger partial charge is 0.356 e. The summed E-state index contributed by atoms with van der Waals surface area (Å²) in [5.41, 5.74) is 1.33. The molecule has 0 radical (unpaired) electrons. The standard InChI is InChI=1S/C30H52N2/c1-3-5-7-8-9-10-11-12-13-14-15-16-17-21-25-30-31(26-22-6-4-2)27-28-32(30)29-23-19-18-20-24-29/h18-20,23-24,27-28,30H,3-17,21-22,25-26H2,1-2H3. The summed E-state index contributed by atoms with van der Waals surface area (Å²) in [6, 6.07) is 10.9. The van der Waals surface area contributed by atoms with Crippen LogP contribution in [-0.4, -0.2) is 17.6 Å². The molecule has 0 saturated heterocycles. The van der Waals surface area contributed by atoms with E-state index in [1.165, 1.54) is 128 Å². The lowest BCUT2D eigenvalue weighted by atomic mass is 10.0. The van der Waals surface area contributed by atoms with Crippen LogP contribution in [0.4, 0.5) is 5.69 Å². The van der Waals surface area contributed by atoms with Crippen LogP contribution in [0.25, 0.3) is 0 Å². The molecule has 1 unspecified atom stereocenters. The minimum absolute atomic E-state index is 0.506. The van der Waals surface area contributed by atoms with Gasteiger partial charge in [-0.15, -0.1) is 0 Å². The highest BCUT2D eigenvalue weighted by molar-refractivity contribution is 5.51. The quantitative estimate of drug-likeness (QED) is 0.186. The first-order valence-electron chi connectivity index (χ1n) is 14.1. The van der Waals surface area contributed by atoms with Gasteiger partial charge in [0.1, 0.15) is 6.17 Å². The Morgan fingerprint density at radius 2 is 1.06 bits per heavy atom. The van der Waals surface area contributed by atoms with E-state index in [-0.39, 0.29) is 0 Å². The van der Waals surface area contributed by atoms with Gasteiger partial charge in [-0.3, -0.25) is 0 Å². The topological polar surface area (TPSA) is 6.48 Å². The van der Waals surface area contributed by atoms with Crippen molar-refractivity contribution in [1.82, 2.24) is 4.90 Å². The van der Waals surface area contributed by atoms with Gasteiger partial charge in [-0.05, 0) is 31.4 Å². The summed E-state index contributed by atoms with van der Waals surface area (Å²) >= 11 is 0. The van der Waals surface area contributed by atoms with Gasteiger partial charge in [-0.1, -0.05) is 128 Å². The lowest BCUT2D eigenvalue weighted by molar-refractivity contribution is 0.274. The molecule has 1 heterocycles. The van der Waals surface area contributed by atoms with Gasteiger partial charge in [0, 0.05) is 24.6 Å². The minimum atomic E-state index is 0.506. The molecule has 0 bridgehead atoms. The maximum atomic E-state index is 2.59. The molecule has 0 amide bonds. The molecule has 0 N–H and O–H groups in total. The molecule has 1 aromatic carbocycles. The molecular weight excluding hydrogens is 388 g/mol. The van der Waals surface area contributed by atoms with Crippen molar-refractivity contribution in [2.75, 3.05) is 11.4 Å². The van der Waals surface area contributed by atoms with Gasteiger partial charge in [0.2, 0.25) is 0 Å². The Balaban J connectivity index is 1.56. The summed E-state index contributed by atoms with van der Waals surface area (Å²) in [5.74, 6) is 0. The number of rotatable bonds is 20. The summed E-state index contributed by atoms with van der Waals surface area (Å²) in [5, 5.41) is 0. The second kappa shape index (κ2) is 18.0. The van der Waals surface area contributed by atoms with Gasteiger partial charge >= 0.3 is 0 Å². The number of nitrogens with zero attached hydrogens (tertiary/aromatic N) is 2. The van der Waals surface area contributed by atoms with E-state index in [4.69, 9.17) is 0 Å². The van der Waals surface area contributed by atoms with Crippen LogP contribution in [-0.2, 0) is 0 Å². The normalized spacial score (nSPS) is 15.8. The zero-order valence-corrected chi connectivity index (χ0v) is 21.4. The Labute approximate surface area is 200 Å². The summed E-state index contributed by atoms with van der Waals surface area (Å²) in [4.78, 5) is 5.08. The second-order valence-corrected chi connectivity index (χ2v) is 9.85. The van der Waals surface area contributed by atoms with Crippen molar-refractivity contribution in [2.45, 2.75) is 136 Å². The van der Waals surface area contributed by atoms with Crippen molar-refractivity contribution in [3.63, 3.8) is 0 Å². The van der Waals surface area contributed by atoms with Crippen molar-refractivity contribution in [1.29, 1.82) is 0 Å². The molecule has 0 fully saturated rings. The molecule has 182 valence electrons. The van der Waals surface area contributed by atoms with Crippen molar-refractivity contribution in [2.24, 2.45) is 0 Å². The second-order valence-electron chi connectivity index (χ2n) is 9.85. The fourth-order valence-corrected chi connectivity index (χ4v) is 4.97. The molecule has 1 aliphatic heterocycles. The lowest BCUT2D eigenvalue weighted by Gasteiger charge is -2.33. The van der Waals surface area contributed by atoms with Crippen LogP contribution < -0.4 is 4.90 Å².